The summed E-state index contributed by atoms with van der Waals surface area (Å²) in [6.45, 7) is 3.26. The number of rotatable bonds is 8. The molecular weight excluding hydrogens is 841 g/mol. The molecule has 0 aliphatic carbocycles. The first-order valence-corrected chi connectivity index (χ1v) is 21.9. The minimum absolute atomic E-state index is 0. The molecule has 0 radical (unpaired) electrons. The van der Waals surface area contributed by atoms with Gasteiger partial charge in [0.1, 0.15) is 0 Å². The van der Waals surface area contributed by atoms with Crippen molar-refractivity contribution < 1.29 is 42.1 Å². The molecule has 4 heterocycles. The normalized spacial score (nSPS) is 11.1. The van der Waals surface area contributed by atoms with Crippen molar-refractivity contribution in [3.63, 3.8) is 0 Å². The van der Waals surface area contributed by atoms with E-state index in [-0.39, 0.29) is 48.1 Å². The van der Waals surface area contributed by atoms with Gasteiger partial charge < -0.3 is 38.7 Å². The van der Waals surface area contributed by atoms with Gasteiger partial charge in [0, 0.05) is 135 Å². The first-order chi connectivity index (χ1) is 31.7. The van der Waals surface area contributed by atoms with Crippen molar-refractivity contribution in [1.29, 1.82) is 0 Å². The molecule has 8 aromatic carbocycles. The number of fused-ring (bicyclic) bond motifs is 12. The van der Waals surface area contributed by atoms with Crippen LogP contribution in [0.4, 0.5) is 0 Å². The minimum atomic E-state index is 0. The van der Waals surface area contributed by atoms with Crippen LogP contribution in [0.2, 0.25) is 0 Å². The van der Waals surface area contributed by atoms with E-state index in [1.54, 1.807) is 0 Å². The van der Waals surface area contributed by atoms with E-state index in [4.69, 9.17) is 20.4 Å². The summed E-state index contributed by atoms with van der Waals surface area (Å²) in [5.74, 6) is 0. The van der Waals surface area contributed by atoms with Gasteiger partial charge in [-0.3, -0.25) is 0 Å². The number of aliphatic hydroxyl groups is 4. The van der Waals surface area contributed by atoms with Gasteiger partial charge in [0.25, 0.3) is 0 Å². The molecule has 12 aromatic rings. The molecule has 0 bridgehead atoms. The van der Waals surface area contributed by atoms with Crippen molar-refractivity contribution in [3.05, 3.63) is 194 Å². The van der Waals surface area contributed by atoms with Crippen LogP contribution in [0.25, 0.3) is 87.2 Å². The SMILES string of the molecule is OCCn1c2ccccc2c2ccccc21.OCCn1c2ccccc2c2ccccc21.OCCn1c2ccccc2c2ccccc21.OCCn1c2ccccc2c2ccccc21.[Ti]. The van der Waals surface area contributed by atoms with Crippen molar-refractivity contribution in [2.24, 2.45) is 0 Å². The molecule has 9 heteroatoms. The molecule has 0 spiro atoms. The van der Waals surface area contributed by atoms with Gasteiger partial charge >= 0.3 is 0 Å². The van der Waals surface area contributed by atoms with Crippen LogP contribution in [0.15, 0.2) is 194 Å². The Labute approximate surface area is 392 Å². The molecule has 4 aromatic heterocycles. The van der Waals surface area contributed by atoms with Crippen molar-refractivity contribution >= 4 is 87.2 Å². The second-order valence-corrected chi connectivity index (χ2v) is 15.6. The van der Waals surface area contributed by atoms with Gasteiger partial charge in [-0.15, -0.1) is 0 Å². The second kappa shape index (κ2) is 21.0. The fourth-order valence-corrected chi connectivity index (χ4v) is 9.38. The van der Waals surface area contributed by atoms with Gasteiger partial charge in [0.05, 0.1) is 26.4 Å². The standard InChI is InChI=1S/4C14H13NO.Ti/c4*16-10-9-15-13-7-3-1-5-11(13)12-6-2-4-8-14(12)15;/h4*1-8,16H,9-10H2;. The van der Waals surface area contributed by atoms with Crippen LogP contribution in [0, 0.1) is 0 Å². The van der Waals surface area contributed by atoms with E-state index in [1.807, 2.05) is 48.5 Å². The monoisotopic (exact) mass is 892 g/mol. The van der Waals surface area contributed by atoms with Crippen LogP contribution in [0.1, 0.15) is 0 Å². The summed E-state index contributed by atoms with van der Waals surface area (Å²) in [7, 11) is 0. The first-order valence-electron chi connectivity index (χ1n) is 21.9. The summed E-state index contributed by atoms with van der Waals surface area (Å²) < 4.78 is 8.69. The Kier molecular flexibility index (Phi) is 14.6. The van der Waals surface area contributed by atoms with Gasteiger partial charge in [0.2, 0.25) is 0 Å². The third-order valence-corrected chi connectivity index (χ3v) is 12.0. The van der Waals surface area contributed by atoms with Crippen LogP contribution in [0.3, 0.4) is 0 Å². The van der Waals surface area contributed by atoms with Gasteiger partial charge in [-0.2, -0.15) is 0 Å². The van der Waals surface area contributed by atoms with Crippen molar-refractivity contribution in [2.75, 3.05) is 26.4 Å². The molecule has 12 rings (SSSR count). The van der Waals surface area contributed by atoms with Crippen molar-refractivity contribution in [3.8, 4) is 0 Å². The summed E-state index contributed by atoms with van der Waals surface area (Å²) in [6, 6.07) is 66.6. The quantitative estimate of drug-likeness (QED) is 0.114. The topological polar surface area (TPSA) is 101 Å². The molecule has 324 valence electrons. The van der Waals surface area contributed by atoms with E-state index in [1.165, 1.54) is 87.2 Å². The maximum atomic E-state index is 9.14. The maximum absolute atomic E-state index is 9.14. The predicted molar refractivity (Wildman–Crippen MR) is 266 cm³/mol. The van der Waals surface area contributed by atoms with Crippen LogP contribution < -0.4 is 0 Å². The largest absolute Gasteiger partial charge is 0.395 e. The van der Waals surface area contributed by atoms with E-state index in [0.717, 1.165) is 0 Å². The summed E-state index contributed by atoms with van der Waals surface area (Å²) in [4.78, 5) is 0. The molecule has 65 heavy (non-hydrogen) atoms. The number of aliphatic hydroxyl groups excluding tert-OH is 4. The van der Waals surface area contributed by atoms with Crippen LogP contribution in [-0.4, -0.2) is 65.1 Å². The Morgan fingerprint density at radius 2 is 0.338 bits per heavy atom. The summed E-state index contributed by atoms with van der Waals surface area (Å²) in [6.07, 6.45) is 0. The van der Waals surface area contributed by atoms with Gasteiger partial charge in [-0.25, -0.2) is 0 Å². The van der Waals surface area contributed by atoms with Crippen LogP contribution in [0.5, 0.6) is 0 Å². The Morgan fingerprint density at radius 1 is 0.215 bits per heavy atom. The zero-order valence-corrected chi connectivity index (χ0v) is 37.8. The fraction of sp³-hybridized carbons (Fsp3) is 0.143. The Bertz CT molecular complexity index is 2810. The van der Waals surface area contributed by atoms with Gasteiger partial charge in [0.15, 0.2) is 0 Å². The maximum Gasteiger partial charge on any atom is 0.0610 e. The Morgan fingerprint density at radius 3 is 0.462 bits per heavy atom. The van der Waals surface area contributed by atoms with E-state index in [2.05, 4.69) is 164 Å². The molecule has 0 amide bonds. The number of hydrogen-bond donors (Lipinski definition) is 4. The summed E-state index contributed by atoms with van der Waals surface area (Å²) >= 11 is 0. The average molecular weight is 893 g/mol. The van der Waals surface area contributed by atoms with Crippen molar-refractivity contribution in [1.82, 2.24) is 18.3 Å². The zero-order valence-electron chi connectivity index (χ0n) is 36.2. The molecule has 0 fully saturated rings. The molecule has 0 aliphatic rings. The van der Waals surface area contributed by atoms with E-state index >= 15 is 0 Å². The molecular formula is C56H52N4O4Ti. The van der Waals surface area contributed by atoms with Crippen LogP contribution >= 0.6 is 0 Å². The summed E-state index contributed by atoms with van der Waals surface area (Å²) in [5.41, 5.74) is 9.54. The molecule has 0 atom stereocenters. The molecule has 0 aliphatic heterocycles. The molecule has 4 N–H and O–H groups in total. The molecule has 0 unspecified atom stereocenters. The van der Waals surface area contributed by atoms with E-state index < -0.39 is 0 Å². The van der Waals surface area contributed by atoms with Gasteiger partial charge in [-0.05, 0) is 48.5 Å². The fourth-order valence-electron chi connectivity index (χ4n) is 9.38. The predicted octanol–water partition coefficient (Wildman–Crippen LogP) is 11.1. The first kappa shape index (κ1) is 45.1. The van der Waals surface area contributed by atoms with E-state index in [9.17, 15) is 0 Å². The smallest absolute Gasteiger partial charge is 0.0610 e. The number of hydrogen-bond acceptors (Lipinski definition) is 4. The van der Waals surface area contributed by atoms with Crippen molar-refractivity contribution in [2.45, 2.75) is 26.2 Å². The number of aromatic nitrogens is 4. The minimum Gasteiger partial charge on any atom is -0.395 e. The van der Waals surface area contributed by atoms with Crippen LogP contribution in [-0.2, 0) is 47.9 Å². The molecule has 0 saturated heterocycles. The summed E-state index contributed by atoms with van der Waals surface area (Å²) in [5, 5.41) is 46.6. The average Bonchev–Trinajstić information content (AvgIpc) is 4.06. The number of para-hydroxylation sites is 8. The number of nitrogens with zero attached hydrogens (tertiary/aromatic N) is 4. The Hall–Kier alpha value is -6.49. The molecule has 8 nitrogen and oxygen atoms in total. The third-order valence-electron chi connectivity index (χ3n) is 12.0. The second-order valence-electron chi connectivity index (χ2n) is 15.6. The zero-order chi connectivity index (χ0) is 43.8. The van der Waals surface area contributed by atoms with E-state index in [0.29, 0.717) is 26.2 Å². The van der Waals surface area contributed by atoms with Gasteiger partial charge in [-0.1, -0.05) is 146 Å². The Balaban J connectivity index is 0.000000118. The number of benzene rings is 8. The molecule has 0 saturated carbocycles. The third kappa shape index (κ3) is 8.85.